The Labute approximate surface area is 131 Å². The third kappa shape index (κ3) is 4.51. The average molecular weight is 304 g/mol. The Balaban J connectivity index is 2.17. The molecule has 0 spiro atoms. The lowest BCUT2D eigenvalue weighted by Crippen LogP contribution is -2.25. The summed E-state index contributed by atoms with van der Waals surface area (Å²) in [5.74, 6) is 0. The van der Waals surface area contributed by atoms with E-state index in [1.54, 1.807) is 11.3 Å². The highest BCUT2D eigenvalue weighted by atomic mass is 32.1. The molecule has 0 fully saturated rings. The molecule has 2 heterocycles. The molecule has 2 aromatic heterocycles. The number of anilines is 1. The number of hydrogen-bond acceptors (Lipinski definition) is 5. The van der Waals surface area contributed by atoms with Crippen molar-refractivity contribution >= 4 is 17.0 Å². The van der Waals surface area contributed by atoms with Crippen molar-refractivity contribution in [3.63, 3.8) is 0 Å². The number of aromatic nitrogens is 2. The topological polar surface area (TPSA) is 41.1 Å². The van der Waals surface area contributed by atoms with Crippen molar-refractivity contribution in [1.29, 1.82) is 0 Å². The van der Waals surface area contributed by atoms with Crippen LogP contribution in [0, 0.1) is 13.8 Å². The first kappa shape index (κ1) is 15.9. The van der Waals surface area contributed by atoms with Crippen LogP contribution in [-0.4, -0.2) is 23.1 Å². The zero-order chi connectivity index (χ0) is 15.4. The number of rotatable bonds is 6. The molecule has 0 aromatic carbocycles. The van der Waals surface area contributed by atoms with Gasteiger partial charge in [-0.2, -0.15) is 0 Å². The Bertz CT molecular complexity index is 592. The summed E-state index contributed by atoms with van der Waals surface area (Å²) >= 11 is 1.70. The summed E-state index contributed by atoms with van der Waals surface area (Å²) in [6.45, 7) is 10.0. The van der Waals surface area contributed by atoms with Crippen molar-refractivity contribution in [3.05, 3.63) is 39.6 Å². The van der Waals surface area contributed by atoms with E-state index in [1.807, 2.05) is 20.0 Å². The van der Waals surface area contributed by atoms with Crippen LogP contribution >= 0.6 is 11.3 Å². The van der Waals surface area contributed by atoms with Crippen LogP contribution in [0.15, 0.2) is 17.6 Å². The highest BCUT2D eigenvalue weighted by Crippen LogP contribution is 2.22. The molecule has 4 nitrogen and oxygen atoms in total. The van der Waals surface area contributed by atoms with E-state index in [-0.39, 0.29) is 0 Å². The zero-order valence-electron chi connectivity index (χ0n) is 13.5. The molecular formula is C16H24N4S. The molecule has 0 saturated carbocycles. The molecule has 0 aliphatic rings. The minimum absolute atomic E-state index is 0.464. The SMILES string of the molecule is Cc1cc(N(C)Cc2csc(C)n2)c(CNC(C)C)cn1. The Kier molecular flexibility index (Phi) is 5.31. The fourth-order valence-corrected chi connectivity index (χ4v) is 2.79. The van der Waals surface area contributed by atoms with E-state index in [0.29, 0.717) is 6.04 Å². The van der Waals surface area contributed by atoms with Gasteiger partial charge in [0, 0.05) is 48.2 Å². The molecule has 0 amide bonds. The summed E-state index contributed by atoms with van der Waals surface area (Å²) in [5.41, 5.74) is 4.61. The fourth-order valence-electron chi connectivity index (χ4n) is 2.19. The van der Waals surface area contributed by atoms with Crippen LogP contribution in [0.1, 0.15) is 35.8 Å². The molecule has 5 heteroatoms. The maximum absolute atomic E-state index is 4.55. The molecule has 0 bridgehead atoms. The summed E-state index contributed by atoms with van der Waals surface area (Å²) in [5, 5.41) is 6.71. The number of nitrogens with zero attached hydrogens (tertiary/aromatic N) is 3. The van der Waals surface area contributed by atoms with E-state index in [2.05, 4.69) is 52.5 Å². The molecule has 1 N–H and O–H groups in total. The van der Waals surface area contributed by atoms with Gasteiger partial charge in [0.2, 0.25) is 0 Å². The normalized spacial score (nSPS) is 11.1. The largest absolute Gasteiger partial charge is 0.368 e. The minimum Gasteiger partial charge on any atom is -0.368 e. The zero-order valence-corrected chi connectivity index (χ0v) is 14.3. The van der Waals surface area contributed by atoms with Crippen molar-refractivity contribution in [2.75, 3.05) is 11.9 Å². The standard InChI is InChI=1S/C16H24N4S/c1-11(2)17-7-14-8-18-12(3)6-16(14)20(5)9-15-10-21-13(4)19-15/h6,8,10-11,17H,7,9H2,1-5H3. The molecule has 114 valence electrons. The fraction of sp³-hybridized carbons (Fsp3) is 0.500. The maximum Gasteiger partial charge on any atom is 0.0898 e. The van der Waals surface area contributed by atoms with Gasteiger partial charge < -0.3 is 10.2 Å². The van der Waals surface area contributed by atoms with E-state index < -0.39 is 0 Å². The van der Waals surface area contributed by atoms with Gasteiger partial charge in [-0.25, -0.2) is 4.98 Å². The van der Waals surface area contributed by atoms with E-state index in [9.17, 15) is 0 Å². The summed E-state index contributed by atoms with van der Waals surface area (Å²) in [7, 11) is 2.11. The third-order valence-electron chi connectivity index (χ3n) is 3.28. The average Bonchev–Trinajstić information content (AvgIpc) is 2.82. The van der Waals surface area contributed by atoms with Crippen LogP contribution in [-0.2, 0) is 13.1 Å². The van der Waals surface area contributed by atoms with Crippen molar-refractivity contribution in [2.24, 2.45) is 0 Å². The lowest BCUT2D eigenvalue weighted by Gasteiger charge is -2.22. The van der Waals surface area contributed by atoms with Gasteiger partial charge in [-0.1, -0.05) is 13.8 Å². The van der Waals surface area contributed by atoms with E-state index in [0.717, 1.165) is 29.5 Å². The highest BCUT2D eigenvalue weighted by molar-refractivity contribution is 7.09. The second kappa shape index (κ2) is 7.00. The molecule has 2 aromatic rings. The van der Waals surface area contributed by atoms with Crippen LogP contribution in [0.2, 0.25) is 0 Å². The van der Waals surface area contributed by atoms with E-state index >= 15 is 0 Å². The molecular weight excluding hydrogens is 280 g/mol. The van der Waals surface area contributed by atoms with Gasteiger partial charge in [-0.15, -0.1) is 11.3 Å². The highest BCUT2D eigenvalue weighted by Gasteiger charge is 2.11. The molecule has 0 aliphatic carbocycles. The van der Waals surface area contributed by atoms with Gasteiger partial charge in [0.1, 0.15) is 0 Å². The number of pyridine rings is 1. The maximum atomic E-state index is 4.55. The summed E-state index contributed by atoms with van der Waals surface area (Å²) in [6, 6.07) is 2.61. The minimum atomic E-state index is 0.464. The van der Waals surface area contributed by atoms with Crippen molar-refractivity contribution in [1.82, 2.24) is 15.3 Å². The molecule has 2 rings (SSSR count). The van der Waals surface area contributed by atoms with Gasteiger partial charge in [-0.05, 0) is 19.9 Å². The predicted molar refractivity (Wildman–Crippen MR) is 89.9 cm³/mol. The lowest BCUT2D eigenvalue weighted by molar-refractivity contribution is 0.587. The summed E-state index contributed by atoms with van der Waals surface area (Å²) in [4.78, 5) is 11.2. The quantitative estimate of drug-likeness (QED) is 0.889. The first-order valence-electron chi connectivity index (χ1n) is 7.26. The first-order valence-corrected chi connectivity index (χ1v) is 8.14. The number of nitrogens with one attached hydrogen (secondary N) is 1. The van der Waals surface area contributed by atoms with Crippen LogP contribution in [0.5, 0.6) is 0 Å². The Hall–Kier alpha value is -1.46. The van der Waals surface area contributed by atoms with Crippen molar-refractivity contribution in [3.8, 4) is 0 Å². The monoisotopic (exact) mass is 304 g/mol. The molecule has 0 unspecified atom stereocenters. The Morgan fingerprint density at radius 2 is 2.10 bits per heavy atom. The number of hydrogen-bond donors (Lipinski definition) is 1. The van der Waals surface area contributed by atoms with Gasteiger partial charge in [-0.3, -0.25) is 4.98 Å². The molecule has 0 saturated heterocycles. The van der Waals surface area contributed by atoms with Crippen LogP contribution in [0.3, 0.4) is 0 Å². The molecule has 0 radical (unpaired) electrons. The van der Waals surface area contributed by atoms with Gasteiger partial charge in [0.05, 0.1) is 17.2 Å². The Morgan fingerprint density at radius 1 is 1.33 bits per heavy atom. The second-order valence-corrected chi connectivity index (χ2v) is 6.77. The van der Waals surface area contributed by atoms with E-state index in [1.165, 1.54) is 11.3 Å². The van der Waals surface area contributed by atoms with E-state index in [4.69, 9.17) is 0 Å². The third-order valence-corrected chi connectivity index (χ3v) is 4.10. The summed E-state index contributed by atoms with van der Waals surface area (Å²) < 4.78 is 0. The van der Waals surface area contributed by atoms with Crippen LogP contribution in [0.4, 0.5) is 5.69 Å². The van der Waals surface area contributed by atoms with Gasteiger partial charge in [0.15, 0.2) is 0 Å². The lowest BCUT2D eigenvalue weighted by atomic mass is 10.1. The van der Waals surface area contributed by atoms with Gasteiger partial charge in [0.25, 0.3) is 0 Å². The first-order chi connectivity index (χ1) is 9.95. The molecule has 0 atom stereocenters. The van der Waals surface area contributed by atoms with Crippen LogP contribution in [0.25, 0.3) is 0 Å². The smallest absolute Gasteiger partial charge is 0.0898 e. The summed E-state index contributed by atoms with van der Waals surface area (Å²) in [6.07, 6.45) is 1.98. The number of thiazole rings is 1. The molecule has 0 aliphatic heterocycles. The number of aryl methyl sites for hydroxylation is 2. The Morgan fingerprint density at radius 3 is 2.71 bits per heavy atom. The van der Waals surface area contributed by atoms with Crippen molar-refractivity contribution < 1.29 is 0 Å². The molecule has 21 heavy (non-hydrogen) atoms. The predicted octanol–water partition coefficient (Wildman–Crippen LogP) is 3.29. The van der Waals surface area contributed by atoms with Crippen molar-refractivity contribution in [2.45, 2.75) is 46.8 Å². The second-order valence-electron chi connectivity index (χ2n) is 5.70. The van der Waals surface area contributed by atoms with Crippen LogP contribution < -0.4 is 10.2 Å². The van der Waals surface area contributed by atoms with Gasteiger partial charge >= 0.3 is 0 Å².